The number of carboxylic acids is 1. The minimum absolute atomic E-state index is 0. The molecule has 0 radical (unpaired) electrons. The van der Waals surface area contributed by atoms with E-state index in [1.165, 1.54) is 0 Å². The van der Waals surface area contributed by atoms with E-state index in [2.05, 4.69) is 10.3 Å². The second kappa shape index (κ2) is 6.95. The van der Waals surface area contributed by atoms with Crippen LogP contribution in [-0.4, -0.2) is 35.3 Å². The molecule has 0 unspecified atom stereocenters. The summed E-state index contributed by atoms with van der Waals surface area (Å²) in [4.78, 5) is 14.2. The zero-order valence-corrected chi connectivity index (χ0v) is 11.6. The molecule has 1 atom stereocenters. The first-order valence-electron chi connectivity index (χ1n) is 6.06. The molecule has 0 spiro atoms. The normalized spacial score (nSPS) is 18.7. The molecule has 0 bridgehead atoms. The number of alkyl halides is 3. The Morgan fingerprint density at radius 2 is 2.14 bits per heavy atom. The first kappa shape index (κ1) is 17.5. The molecule has 1 saturated heterocycles. The molecule has 0 saturated carbocycles. The molecular weight excluding hydrogens is 313 g/mol. The first-order chi connectivity index (χ1) is 9.36. The Morgan fingerprint density at radius 3 is 2.67 bits per heavy atom. The van der Waals surface area contributed by atoms with Crippen molar-refractivity contribution in [1.82, 2.24) is 10.3 Å². The van der Waals surface area contributed by atoms with E-state index in [-0.39, 0.29) is 24.4 Å². The van der Waals surface area contributed by atoms with Gasteiger partial charge in [0.05, 0.1) is 5.56 Å². The molecule has 0 aliphatic carbocycles. The summed E-state index contributed by atoms with van der Waals surface area (Å²) >= 11 is 0. The number of aromatic nitrogens is 1. The van der Waals surface area contributed by atoms with Gasteiger partial charge in [-0.1, -0.05) is 0 Å². The average Bonchev–Trinajstić information content (AvgIpc) is 2.38. The highest BCUT2D eigenvalue weighted by molar-refractivity contribution is 5.88. The lowest BCUT2D eigenvalue weighted by molar-refractivity contribution is -0.141. The number of halogens is 4. The standard InChI is InChI=1S/C12H13F3N2O3.ClH/c13-12(14,15)9-4-7(11(18)19)5-10(17-9)20-8-2-1-3-16-6-8;/h4-5,8,16H,1-3,6H2,(H,18,19);1H/t8-;/m1./s1. The van der Waals surface area contributed by atoms with Crippen LogP contribution in [0.1, 0.15) is 28.9 Å². The van der Waals surface area contributed by atoms with Crippen LogP contribution in [0.25, 0.3) is 0 Å². The Hall–Kier alpha value is -1.54. The zero-order valence-electron chi connectivity index (χ0n) is 10.8. The molecule has 118 valence electrons. The van der Waals surface area contributed by atoms with Crippen LogP contribution in [0.15, 0.2) is 12.1 Å². The molecule has 2 rings (SSSR count). The Bertz CT molecular complexity index is 505. The smallest absolute Gasteiger partial charge is 0.433 e. The molecule has 2 N–H and O–H groups in total. The molecule has 1 aliphatic rings. The third-order valence-electron chi connectivity index (χ3n) is 2.88. The van der Waals surface area contributed by atoms with Crippen LogP contribution in [-0.2, 0) is 6.18 Å². The van der Waals surface area contributed by atoms with E-state index in [1.54, 1.807) is 0 Å². The predicted octanol–water partition coefficient (Wildman–Crippen LogP) is 2.35. The van der Waals surface area contributed by atoms with Crippen LogP contribution < -0.4 is 10.1 Å². The van der Waals surface area contributed by atoms with Gasteiger partial charge >= 0.3 is 12.1 Å². The average molecular weight is 327 g/mol. The van der Waals surface area contributed by atoms with Crippen LogP contribution in [0, 0.1) is 0 Å². The van der Waals surface area contributed by atoms with Gasteiger partial charge in [0.1, 0.15) is 11.8 Å². The van der Waals surface area contributed by atoms with E-state index < -0.39 is 23.4 Å². The van der Waals surface area contributed by atoms with Crippen molar-refractivity contribution < 1.29 is 27.8 Å². The van der Waals surface area contributed by atoms with E-state index in [1.807, 2.05) is 0 Å². The number of carboxylic acid groups (broad SMARTS) is 1. The monoisotopic (exact) mass is 326 g/mol. The highest BCUT2D eigenvalue weighted by Crippen LogP contribution is 2.30. The van der Waals surface area contributed by atoms with Crippen molar-refractivity contribution >= 4 is 18.4 Å². The minimum Gasteiger partial charge on any atom is -0.478 e. The molecule has 1 aromatic rings. The summed E-state index contributed by atoms with van der Waals surface area (Å²) < 4.78 is 43.3. The maximum absolute atomic E-state index is 12.7. The molecule has 0 aromatic carbocycles. The third kappa shape index (κ3) is 4.75. The molecular formula is C12H14ClF3N2O3. The van der Waals surface area contributed by atoms with Crippen LogP contribution >= 0.6 is 12.4 Å². The SMILES string of the molecule is Cl.O=C(O)c1cc(O[C@@H]2CCCNC2)nc(C(F)(F)F)c1. The summed E-state index contributed by atoms with van der Waals surface area (Å²) in [6, 6.07) is 1.50. The summed E-state index contributed by atoms with van der Waals surface area (Å²) in [6.45, 7) is 1.33. The molecule has 1 fully saturated rings. The second-order valence-electron chi connectivity index (χ2n) is 4.47. The summed E-state index contributed by atoms with van der Waals surface area (Å²) in [6.07, 6.45) is -3.49. The molecule has 9 heteroatoms. The van der Waals surface area contributed by atoms with E-state index in [9.17, 15) is 18.0 Å². The Kier molecular flexibility index (Phi) is 5.79. The van der Waals surface area contributed by atoms with Crippen molar-refractivity contribution in [2.45, 2.75) is 25.1 Å². The fourth-order valence-electron chi connectivity index (χ4n) is 1.93. The van der Waals surface area contributed by atoms with Gasteiger partial charge in [-0.15, -0.1) is 12.4 Å². The van der Waals surface area contributed by atoms with Crippen molar-refractivity contribution in [1.29, 1.82) is 0 Å². The lowest BCUT2D eigenvalue weighted by Gasteiger charge is -2.23. The van der Waals surface area contributed by atoms with Gasteiger partial charge in [0, 0.05) is 12.6 Å². The first-order valence-corrected chi connectivity index (χ1v) is 6.06. The fourth-order valence-corrected chi connectivity index (χ4v) is 1.93. The summed E-state index contributed by atoms with van der Waals surface area (Å²) in [5, 5.41) is 11.9. The van der Waals surface area contributed by atoms with E-state index in [4.69, 9.17) is 9.84 Å². The van der Waals surface area contributed by atoms with E-state index >= 15 is 0 Å². The second-order valence-corrected chi connectivity index (χ2v) is 4.47. The summed E-state index contributed by atoms with van der Waals surface area (Å²) in [7, 11) is 0. The fraction of sp³-hybridized carbons (Fsp3) is 0.500. The topological polar surface area (TPSA) is 71.5 Å². The molecule has 1 aliphatic heterocycles. The highest BCUT2D eigenvalue weighted by Gasteiger charge is 2.34. The Morgan fingerprint density at radius 1 is 1.43 bits per heavy atom. The number of rotatable bonds is 3. The van der Waals surface area contributed by atoms with Gasteiger partial charge in [0.25, 0.3) is 0 Å². The number of nitrogens with one attached hydrogen (secondary N) is 1. The van der Waals surface area contributed by atoms with Crippen molar-refractivity contribution in [3.05, 3.63) is 23.4 Å². The van der Waals surface area contributed by atoms with Crippen LogP contribution in [0.3, 0.4) is 0 Å². The van der Waals surface area contributed by atoms with Crippen LogP contribution in [0.4, 0.5) is 13.2 Å². The molecule has 1 aromatic heterocycles. The van der Waals surface area contributed by atoms with Gasteiger partial charge in [-0.05, 0) is 25.5 Å². The van der Waals surface area contributed by atoms with Crippen molar-refractivity contribution in [3.8, 4) is 5.88 Å². The van der Waals surface area contributed by atoms with Gasteiger partial charge in [0.2, 0.25) is 5.88 Å². The maximum atomic E-state index is 12.7. The lowest BCUT2D eigenvalue weighted by atomic mass is 10.1. The summed E-state index contributed by atoms with van der Waals surface area (Å²) in [5.74, 6) is -1.77. The van der Waals surface area contributed by atoms with Gasteiger partial charge in [0.15, 0.2) is 0 Å². The van der Waals surface area contributed by atoms with Gasteiger partial charge in [-0.25, -0.2) is 9.78 Å². The van der Waals surface area contributed by atoms with Gasteiger partial charge in [-0.3, -0.25) is 0 Å². The quantitative estimate of drug-likeness (QED) is 0.892. The molecule has 21 heavy (non-hydrogen) atoms. The predicted molar refractivity (Wildman–Crippen MR) is 70.0 cm³/mol. The lowest BCUT2D eigenvalue weighted by Crippen LogP contribution is -2.37. The number of aromatic carboxylic acids is 1. The van der Waals surface area contributed by atoms with Crippen molar-refractivity contribution in [2.24, 2.45) is 0 Å². The minimum atomic E-state index is -4.71. The number of hydrogen-bond donors (Lipinski definition) is 2. The highest BCUT2D eigenvalue weighted by atomic mass is 35.5. The Labute approximate surface area is 124 Å². The number of piperidine rings is 1. The molecule has 5 nitrogen and oxygen atoms in total. The maximum Gasteiger partial charge on any atom is 0.433 e. The van der Waals surface area contributed by atoms with E-state index in [0.29, 0.717) is 19.0 Å². The zero-order chi connectivity index (χ0) is 14.8. The van der Waals surface area contributed by atoms with Gasteiger partial charge in [-0.2, -0.15) is 13.2 Å². The van der Waals surface area contributed by atoms with Crippen molar-refractivity contribution in [2.75, 3.05) is 13.1 Å². The molecule has 0 amide bonds. The number of hydrogen-bond acceptors (Lipinski definition) is 4. The largest absolute Gasteiger partial charge is 0.478 e. The Balaban J connectivity index is 0.00000220. The van der Waals surface area contributed by atoms with Gasteiger partial charge < -0.3 is 15.2 Å². The van der Waals surface area contributed by atoms with E-state index in [0.717, 1.165) is 19.0 Å². The number of ether oxygens (including phenoxy) is 1. The number of carbonyl (C=O) groups is 1. The summed E-state index contributed by atoms with van der Waals surface area (Å²) in [5.41, 5.74) is -1.76. The van der Waals surface area contributed by atoms with Crippen molar-refractivity contribution in [3.63, 3.8) is 0 Å². The van der Waals surface area contributed by atoms with Crippen LogP contribution in [0.5, 0.6) is 5.88 Å². The molecule has 2 heterocycles. The third-order valence-corrected chi connectivity index (χ3v) is 2.88. The van der Waals surface area contributed by atoms with Crippen LogP contribution in [0.2, 0.25) is 0 Å². The number of pyridine rings is 1. The number of nitrogens with zero attached hydrogens (tertiary/aromatic N) is 1.